The molecule has 1 aliphatic rings. The number of hydrogen-bond donors (Lipinski definition) is 1. The number of carboxylic acids is 1. The summed E-state index contributed by atoms with van der Waals surface area (Å²) in [6.45, 7) is 0. The largest absolute Gasteiger partial charge is 0.501 e. The molecule has 0 atom stereocenters. The number of aromatic carboxylic acids is 1. The van der Waals surface area contributed by atoms with E-state index in [1.54, 1.807) is 7.11 Å². The second kappa shape index (κ2) is 4.35. The first-order valence-electron chi connectivity index (χ1n) is 5.18. The lowest BCUT2D eigenvalue weighted by molar-refractivity contribution is 0.0689. The van der Waals surface area contributed by atoms with Crippen LogP contribution in [0.3, 0.4) is 0 Å². The zero-order chi connectivity index (χ0) is 11.5. The Morgan fingerprint density at radius 2 is 2.31 bits per heavy atom. The Balaban J connectivity index is 2.52. The van der Waals surface area contributed by atoms with Crippen LogP contribution < -0.4 is 0 Å². The van der Waals surface area contributed by atoms with Crippen molar-refractivity contribution in [1.29, 1.82) is 0 Å². The van der Waals surface area contributed by atoms with Gasteiger partial charge in [-0.1, -0.05) is 0 Å². The Bertz CT molecular complexity index is 452. The minimum Gasteiger partial charge on any atom is -0.501 e. The van der Waals surface area contributed by atoms with Crippen molar-refractivity contribution >= 4 is 12.0 Å². The lowest BCUT2D eigenvalue weighted by Crippen LogP contribution is -2.06. The van der Waals surface area contributed by atoms with Gasteiger partial charge in [-0.05, 0) is 36.1 Å². The van der Waals surface area contributed by atoms with E-state index < -0.39 is 5.97 Å². The molecule has 0 spiro atoms. The van der Waals surface area contributed by atoms with Gasteiger partial charge in [0.05, 0.1) is 12.9 Å². The second-order valence-electron chi connectivity index (χ2n) is 3.70. The van der Waals surface area contributed by atoms with Crippen LogP contribution in [0.4, 0.5) is 0 Å². The van der Waals surface area contributed by atoms with Gasteiger partial charge in [0.2, 0.25) is 0 Å². The van der Waals surface area contributed by atoms with Crippen LogP contribution in [0.25, 0.3) is 6.08 Å². The molecule has 2 rings (SSSR count). The highest BCUT2D eigenvalue weighted by Gasteiger charge is 2.17. The number of carboxylic acid groups (broad SMARTS) is 1. The van der Waals surface area contributed by atoms with Crippen LogP contribution in [0.15, 0.2) is 18.0 Å². The highest BCUT2D eigenvalue weighted by molar-refractivity contribution is 5.88. The summed E-state index contributed by atoms with van der Waals surface area (Å²) in [5.74, 6) is -0.0765. The lowest BCUT2D eigenvalue weighted by Gasteiger charge is -2.05. The first-order valence-corrected chi connectivity index (χ1v) is 5.18. The molecule has 0 fully saturated rings. The summed E-state index contributed by atoms with van der Waals surface area (Å²) >= 11 is 0. The number of aromatic nitrogens is 1. The summed E-state index contributed by atoms with van der Waals surface area (Å²) in [6, 6.07) is 1.83. The van der Waals surface area contributed by atoms with Crippen molar-refractivity contribution in [3.63, 3.8) is 0 Å². The average molecular weight is 219 g/mol. The van der Waals surface area contributed by atoms with Gasteiger partial charge in [0.15, 0.2) is 5.69 Å². The SMILES string of the molecule is COC1=Cc2ccnc(C(=O)O)c2CCC1. The smallest absolute Gasteiger partial charge is 0.354 e. The van der Waals surface area contributed by atoms with Gasteiger partial charge < -0.3 is 9.84 Å². The molecule has 0 aliphatic heterocycles. The van der Waals surface area contributed by atoms with Crippen molar-refractivity contribution in [3.8, 4) is 0 Å². The van der Waals surface area contributed by atoms with Gasteiger partial charge in [-0.25, -0.2) is 9.78 Å². The van der Waals surface area contributed by atoms with Crippen LogP contribution in [0.1, 0.15) is 34.5 Å². The molecule has 0 aromatic carbocycles. The number of hydrogen-bond acceptors (Lipinski definition) is 3. The Kier molecular flexibility index (Phi) is 2.90. The van der Waals surface area contributed by atoms with Crippen LogP contribution in [0.2, 0.25) is 0 Å². The molecule has 0 bridgehead atoms. The maximum absolute atomic E-state index is 11.0. The van der Waals surface area contributed by atoms with Crippen molar-refractivity contribution in [2.45, 2.75) is 19.3 Å². The van der Waals surface area contributed by atoms with Gasteiger partial charge in [0, 0.05) is 12.6 Å². The Labute approximate surface area is 93.6 Å². The van der Waals surface area contributed by atoms with Crippen molar-refractivity contribution in [3.05, 3.63) is 34.8 Å². The third kappa shape index (κ3) is 1.91. The number of ether oxygens (including phenoxy) is 1. The van der Waals surface area contributed by atoms with E-state index >= 15 is 0 Å². The molecule has 84 valence electrons. The molecular formula is C12H13NO3. The molecule has 0 saturated carbocycles. The summed E-state index contributed by atoms with van der Waals surface area (Å²) in [7, 11) is 1.64. The average Bonchev–Trinajstić information content (AvgIpc) is 2.49. The maximum atomic E-state index is 11.0. The number of allylic oxidation sites excluding steroid dienone is 1. The molecule has 0 saturated heterocycles. The first-order chi connectivity index (χ1) is 7.72. The van der Waals surface area contributed by atoms with Crippen LogP contribution in [-0.4, -0.2) is 23.2 Å². The molecular weight excluding hydrogens is 206 g/mol. The van der Waals surface area contributed by atoms with Gasteiger partial charge in [-0.15, -0.1) is 0 Å². The minimum atomic E-state index is -0.967. The molecule has 0 amide bonds. The van der Waals surface area contributed by atoms with E-state index in [0.717, 1.165) is 36.1 Å². The molecule has 1 aromatic heterocycles. The normalized spacial score (nSPS) is 14.7. The van der Waals surface area contributed by atoms with Crippen LogP contribution >= 0.6 is 0 Å². The van der Waals surface area contributed by atoms with Gasteiger partial charge in [-0.3, -0.25) is 0 Å². The fourth-order valence-corrected chi connectivity index (χ4v) is 1.94. The van der Waals surface area contributed by atoms with E-state index in [1.807, 2.05) is 12.1 Å². The quantitative estimate of drug-likeness (QED) is 0.827. The number of carbonyl (C=O) groups is 1. The molecule has 1 N–H and O–H groups in total. The highest BCUT2D eigenvalue weighted by Crippen LogP contribution is 2.24. The van der Waals surface area contributed by atoms with Crippen molar-refractivity contribution in [2.75, 3.05) is 7.11 Å². The highest BCUT2D eigenvalue weighted by atomic mass is 16.5. The van der Waals surface area contributed by atoms with Gasteiger partial charge in [-0.2, -0.15) is 0 Å². The predicted octanol–water partition coefficient (Wildman–Crippen LogP) is 2.10. The van der Waals surface area contributed by atoms with Crippen LogP contribution in [-0.2, 0) is 11.2 Å². The van der Waals surface area contributed by atoms with E-state index in [9.17, 15) is 4.79 Å². The first kappa shape index (κ1) is 10.7. The van der Waals surface area contributed by atoms with E-state index in [4.69, 9.17) is 9.84 Å². The van der Waals surface area contributed by atoms with E-state index in [0.29, 0.717) is 0 Å². The Morgan fingerprint density at radius 1 is 1.50 bits per heavy atom. The Hall–Kier alpha value is -1.84. The minimum absolute atomic E-state index is 0.158. The predicted molar refractivity (Wildman–Crippen MR) is 59.1 cm³/mol. The van der Waals surface area contributed by atoms with Crippen molar-refractivity contribution in [2.24, 2.45) is 0 Å². The van der Waals surface area contributed by atoms with E-state index in [1.165, 1.54) is 6.20 Å². The fourth-order valence-electron chi connectivity index (χ4n) is 1.94. The molecule has 0 unspecified atom stereocenters. The van der Waals surface area contributed by atoms with Crippen molar-refractivity contribution in [1.82, 2.24) is 4.98 Å². The van der Waals surface area contributed by atoms with Gasteiger partial charge >= 0.3 is 5.97 Å². The standard InChI is InChI=1S/C12H13NO3/c1-16-9-3-2-4-10-8(7-9)5-6-13-11(10)12(14)15/h5-7H,2-4H2,1H3,(H,14,15). The van der Waals surface area contributed by atoms with Crippen molar-refractivity contribution < 1.29 is 14.6 Å². The summed E-state index contributed by atoms with van der Waals surface area (Å²) < 4.78 is 5.22. The summed E-state index contributed by atoms with van der Waals surface area (Å²) in [5.41, 5.74) is 1.87. The van der Waals surface area contributed by atoms with Crippen LogP contribution in [0.5, 0.6) is 0 Å². The van der Waals surface area contributed by atoms with E-state index in [-0.39, 0.29) is 5.69 Å². The lowest BCUT2D eigenvalue weighted by atomic mass is 10.0. The number of fused-ring (bicyclic) bond motifs is 1. The number of methoxy groups -OCH3 is 1. The Morgan fingerprint density at radius 3 is 3.00 bits per heavy atom. The molecule has 4 nitrogen and oxygen atoms in total. The number of rotatable bonds is 2. The maximum Gasteiger partial charge on any atom is 0.354 e. The molecule has 1 aromatic rings. The summed E-state index contributed by atoms with van der Waals surface area (Å²) in [5, 5.41) is 9.04. The van der Waals surface area contributed by atoms with Gasteiger partial charge in [0.1, 0.15) is 0 Å². The monoisotopic (exact) mass is 219 g/mol. The summed E-state index contributed by atoms with van der Waals surface area (Å²) in [4.78, 5) is 14.9. The molecule has 0 radical (unpaired) electrons. The zero-order valence-electron chi connectivity index (χ0n) is 9.06. The molecule has 1 heterocycles. The summed E-state index contributed by atoms with van der Waals surface area (Å²) in [6.07, 6.45) is 5.88. The third-order valence-electron chi connectivity index (χ3n) is 2.72. The van der Waals surface area contributed by atoms with Gasteiger partial charge in [0.25, 0.3) is 0 Å². The molecule has 1 aliphatic carbocycles. The number of nitrogens with zero attached hydrogens (tertiary/aromatic N) is 1. The fraction of sp³-hybridized carbons (Fsp3) is 0.333. The third-order valence-corrected chi connectivity index (χ3v) is 2.72. The topological polar surface area (TPSA) is 59.4 Å². The molecule has 4 heteroatoms. The zero-order valence-corrected chi connectivity index (χ0v) is 9.06. The second-order valence-corrected chi connectivity index (χ2v) is 3.70. The molecule has 16 heavy (non-hydrogen) atoms. The van der Waals surface area contributed by atoms with Crippen LogP contribution in [0, 0.1) is 0 Å². The van der Waals surface area contributed by atoms with E-state index in [2.05, 4.69) is 4.98 Å². The number of pyridine rings is 1.